The normalized spacial score (nSPS) is 18.0. The van der Waals surface area contributed by atoms with E-state index in [0.29, 0.717) is 18.3 Å². The van der Waals surface area contributed by atoms with E-state index in [0.717, 1.165) is 30.9 Å². The SMILES string of the molecule is COc1ccc(-c2nc(CN3CCNCC3c3cccnc3)no2)cc1. The second-order valence-corrected chi connectivity index (χ2v) is 6.22. The predicted molar refractivity (Wildman–Crippen MR) is 96.5 cm³/mol. The van der Waals surface area contributed by atoms with E-state index in [4.69, 9.17) is 9.26 Å². The van der Waals surface area contributed by atoms with Gasteiger partial charge in [-0.05, 0) is 35.9 Å². The molecule has 3 heterocycles. The van der Waals surface area contributed by atoms with Gasteiger partial charge in [0.2, 0.25) is 0 Å². The van der Waals surface area contributed by atoms with Gasteiger partial charge in [-0.25, -0.2) is 0 Å². The molecule has 134 valence electrons. The minimum Gasteiger partial charge on any atom is -0.497 e. The number of pyridine rings is 1. The molecule has 0 amide bonds. The summed E-state index contributed by atoms with van der Waals surface area (Å²) in [6, 6.07) is 11.9. The number of nitrogens with one attached hydrogen (secondary N) is 1. The van der Waals surface area contributed by atoms with Crippen LogP contribution in [0.2, 0.25) is 0 Å². The second kappa shape index (κ2) is 7.63. The van der Waals surface area contributed by atoms with Crippen molar-refractivity contribution >= 4 is 0 Å². The zero-order chi connectivity index (χ0) is 17.8. The van der Waals surface area contributed by atoms with Crippen LogP contribution < -0.4 is 10.1 Å². The molecule has 0 bridgehead atoms. The van der Waals surface area contributed by atoms with E-state index in [1.165, 1.54) is 5.56 Å². The minimum atomic E-state index is 0.250. The Labute approximate surface area is 152 Å². The molecule has 26 heavy (non-hydrogen) atoms. The molecular weight excluding hydrogens is 330 g/mol. The summed E-state index contributed by atoms with van der Waals surface area (Å²) >= 11 is 0. The molecule has 1 unspecified atom stereocenters. The highest BCUT2D eigenvalue weighted by atomic mass is 16.5. The summed E-state index contributed by atoms with van der Waals surface area (Å²) in [5.74, 6) is 2.01. The molecule has 1 atom stereocenters. The molecule has 1 saturated heterocycles. The lowest BCUT2D eigenvalue weighted by molar-refractivity contribution is 0.148. The number of piperazine rings is 1. The van der Waals surface area contributed by atoms with E-state index in [1.54, 1.807) is 13.3 Å². The van der Waals surface area contributed by atoms with E-state index in [2.05, 4.69) is 31.4 Å². The standard InChI is InChI=1S/C19H21N5O2/c1-25-16-6-4-14(5-7-16)19-22-18(23-26-19)13-24-10-9-21-12-17(24)15-3-2-8-20-11-15/h2-8,11,17,21H,9-10,12-13H2,1H3. The molecule has 0 saturated carbocycles. The highest BCUT2D eigenvalue weighted by molar-refractivity contribution is 5.54. The molecule has 1 fully saturated rings. The maximum Gasteiger partial charge on any atom is 0.257 e. The van der Waals surface area contributed by atoms with Crippen molar-refractivity contribution in [2.75, 3.05) is 26.7 Å². The Balaban J connectivity index is 1.50. The third-order valence-corrected chi connectivity index (χ3v) is 4.57. The van der Waals surface area contributed by atoms with Crippen LogP contribution in [0.1, 0.15) is 17.4 Å². The summed E-state index contributed by atoms with van der Waals surface area (Å²) in [5, 5.41) is 7.61. The van der Waals surface area contributed by atoms with Crippen LogP contribution in [-0.2, 0) is 6.54 Å². The fraction of sp³-hybridized carbons (Fsp3) is 0.316. The van der Waals surface area contributed by atoms with Gasteiger partial charge in [-0.2, -0.15) is 4.98 Å². The summed E-state index contributed by atoms with van der Waals surface area (Å²) in [7, 11) is 1.64. The zero-order valence-electron chi connectivity index (χ0n) is 14.6. The van der Waals surface area contributed by atoms with E-state index in [1.807, 2.05) is 36.5 Å². The van der Waals surface area contributed by atoms with Crippen molar-refractivity contribution < 1.29 is 9.26 Å². The molecule has 0 spiro atoms. The van der Waals surface area contributed by atoms with Crippen LogP contribution >= 0.6 is 0 Å². The summed E-state index contributed by atoms with van der Waals surface area (Å²) in [6.07, 6.45) is 3.72. The van der Waals surface area contributed by atoms with Crippen LogP contribution in [0.5, 0.6) is 5.75 Å². The van der Waals surface area contributed by atoms with E-state index in [9.17, 15) is 0 Å². The Kier molecular flexibility index (Phi) is 4.90. The molecule has 4 rings (SSSR count). The Morgan fingerprint density at radius 3 is 2.92 bits per heavy atom. The number of aromatic nitrogens is 3. The van der Waals surface area contributed by atoms with Gasteiger partial charge in [-0.1, -0.05) is 11.2 Å². The van der Waals surface area contributed by atoms with Crippen LogP contribution in [0.4, 0.5) is 0 Å². The second-order valence-electron chi connectivity index (χ2n) is 6.22. The molecule has 7 nitrogen and oxygen atoms in total. The fourth-order valence-corrected chi connectivity index (χ4v) is 3.19. The lowest BCUT2D eigenvalue weighted by Gasteiger charge is -2.35. The van der Waals surface area contributed by atoms with Gasteiger partial charge < -0.3 is 14.6 Å². The Hall–Kier alpha value is -2.77. The van der Waals surface area contributed by atoms with Crippen molar-refractivity contribution in [2.24, 2.45) is 0 Å². The molecule has 7 heteroatoms. The third kappa shape index (κ3) is 3.58. The first-order valence-electron chi connectivity index (χ1n) is 8.65. The Morgan fingerprint density at radius 2 is 2.15 bits per heavy atom. The van der Waals surface area contributed by atoms with Crippen molar-refractivity contribution in [3.05, 3.63) is 60.2 Å². The van der Waals surface area contributed by atoms with Crippen molar-refractivity contribution in [1.29, 1.82) is 0 Å². The maximum atomic E-state index is 5.45. The number of nitrogens with zero attached hydrogens (tertiary/aromatic N) is 4. The molecule has 1 aliphatic rings. The Morgan fingerprint density at radius 1 is 1.27 bits per heavy atom. The van der Waals surface area contributed by atoms with Crippen LogP contribution in [-0.4, -0.2) is 46.8 Å². The van der Waals surface area contributed by atoms with Crippen molar-refractivity contribution in [2.45, 2.75) is 12.6 Å². The third-order valence-electron chi connectivity index (χ3n) is 4.57. The average Bonchev–Trinajstić information content (AvgIpc) is 3.18. The smallest absolute Gasteiger partial charge is 0.257 e. The van der Waals surface area contributed by atoms with Crippen LogP contribution in [0, 0.1) is 0 Å². The van der Waals surface area contributed by atoms with E-state index in [-0.39, 0.29) is 6.04 Å². The number of hydrogen-bond donors (Lipinski definition) is 1. The van der Waals surface area contributed by atoms with Gasteiger partial charge >= 0.3 is 0 Å². The molecule has 0 aliphatic carbocycles. The van der Waals surface area contributed by atoms with E-state index >= 15 is 0 Å². The molecule has 1 N–H and O–H groups in total. The van der Waals surface area contributed by atoms with Gasteiger partial charge in [-0.15, -0.1) is 0 Å². The molecule has 1 aromatic carbocycles. The van der Waals surface area contributed by atoms with Gasteiger partial charge in [0.05, 0.1) is 13.7 Å². The van der Waals surface area contributed by atoms with Crippen LogP contribution in [0.25, 0.3) is 11.5 Å². The van der Waals surface area contributed by atoms with Gasteiger partial charge in [0.25, 0.3) is 5.89 Å². The number of benzene rings is 1. The number of rotatable bonds is 5. The monoisotopic (exact) mass is 351 g/mol. The van der Waals surface area contributed by atoms with Crippen molar-refractivity contribution in [3.8, 4) is 17.2 Å². The van der Waals surface area contributed by atoms with Crippen LogP contribution in [0.15, 0.2) is 53.3 Å². The summed E-state index contributed by atoms with van der Waals surface area (Å²) in [5.41, 5.74) is 2.08. The summed E-state index contributed by atoms with van der Waals surface area (Å²) in [6.45, 7) is 3.39. The number of ether oxygens (including phenoxy) is 1. The lowest BCUT2D eigenvalue weighted by Crippen LogP contribution is -2.45. The van der Waals surface area contributed by atoms with Gasteiger partial charge in [0, 0.05) is 43.6 Å². The Bertz CT molecular complexity index is 835. The number of hydrogen-bond acceptors (Lipinski definition) is 7. The molecule has 3 aromatic rings. The fourth-order valence-electron chi connectivity index (χ4n) is 3.19. The van der Waals surface area contributed by atoms with Crippen molar-refractivity contribution in [3.63, 3.8) is 0 Å². The van der Waals surface area contributed by atoms with Gasteiger partial charge in [0.1, 0.15) is 5.75 Å². The summed E-state index contributed by atoms with van der Waals surface area (Å²) < 4.78 is 10.6. The zero-order valence-corrected chi connectivity index (χ0v) is 14.6. The highest BCUT2D eigenvalue weighted by Crippen LogP contribution is 2.24. The van der Waals surface area contributed by atoms with Gasteiger partial charge in [0.15, 0.2) is 5.82 Å². The molecular formula is C19H21N5O2. The van der Waals surface area contributed by atoms with Gasteiger partial charge in [-0.3, -0.25) is 9.88 Å². The molecule has 1 aliphatic heterocycles. The lowest BCUT2D eigenvalue weighted by atomic mass is 10.1. The summed E-state index contributed by atoms with van der Waals surface area (Å²) in [4.78, 5) is 11.2. The van der Waals surface area contributed by atoms with Crippen LogP contribution in [0.3, 0.4) is 0 Å². The predicted octanol–water partition coefficient (Wildman–Crippen LogP) is 2.29. The van der Waals surface area contributed by atoms with E-state index < -0.39 is 0 Å². The molecule has 2 aromatic heterocycles. The largest absolute Gasteiger partial charge is 0.497 e. The number of methoxy groups -OCH3 is 1. The quantitative estimate of drug-likeness (QED) is 0.756. The first-order chi connectivity index (χ1) is 12.8. The topological polar surface area (TPSA) is 76.3 Å². The first-order valence-corrected chi connectivity index (χ1v) is 8.65. The van der Waals surface area contributed by atoms with Crippen molar-refractivity contribution in [1.82, 2.24) is 25.3 Å². The maximum absolute atomic E-state index is 5.45. The average molecular weight is 351 g/mol. The molecule has 0 radical (unpaired) electrons. The highest BCUT2D eigenvalue weighted by Gasteiger charge is 2.25. The minimum absolute atomic E-state index is 0.250. The first kappa shape index (κ1) is 16.7.